The second kappa shape index (κ2) is 8.68. The fourth-order valence-electron chi connectivity index (χ4n) is 3.20. The van der Waals surface area contributed by atoms with E-state index in [2.05, 4.69) is 17.5 Å². The summed E-state index contributed by atoms with van der Waals surface area (Å²) in [6, 6.07) is 11.0. The summed E-state index contributed by atoms with van der Waals surface area (Å²) in [5, 5.41) is 5.29. The van der Waals surface area contributed by atoms with Crippen LogP contribution in [0.4, 0.5) is 0 Å². The topological polar surface area (TPSA) is 82.3 Å². The third-order valence-electron chi connectivity index (χ3n) is 4.63. The Morgan fingerprint density at radius 3 is 2.31 bits per heavy atom. The third-order valence-corrected chi connectivity index (χ3v) is 4.63. The van der Waals surface area contributed by atoms with Gasteiger partial charge in [0.25, 0.3) is 5.91 Å². The van der Waals surface area contributed by atoms with E-state index >= 15 is 0 Å². The first-order valence-electron chi connectivity index (χ1n) is 9.19. The van der Waals surface area contributed by atoms with Gasteiger partial charge in [0.1, 0.15) is 11.3 Å². The van der Waals surface area contributed by atoms with Gasteiger partial charge in [-0.05, 0) is 31.5 Å². The van der Waals surface area contributed by atoms with Crippen LogP contribution >= 0.6 is 0 Å². The van der Waals surface area contributed by atoms with Crippen LogP contribution in [-0.2, 0) is 6.42 Å². The van der Waals surface area contributed by atoms with Gasteiger partial charge >= 0.3 is 0 Å². The van der Waals surface area contributed by atoms with Crippen molar-refractivity contribution in [3.63, 3.8) is 0 Å². The lowest BCUT2D eigenvalue weighted by Crippen LogP contribution is -2.19. The fourth-order valence-corrected chi connectivity index (χ4v) is 3.20. The van der Waals surface area contributed by atoms with E-state index < -0.39 is 5.91 Å². The molecule has 1 aromatic heterocycles. The molecule has 0 unspecified atom stereocenters. The van der Waals surface area contributed by atoms with Crippen molar-refractivity contribution >= 4 is 22.6 Å². The minimum absolute atomic E-state index is 0.330. The van der Waals surface area contributed by atoms with E-state index in [1.807, 2.05) is 24.3 Å². The molecule has 7 nitrogen and oxygen atoms in total. The number of fused-ring (bicyclic) bond motifs is 1. The Bertz CT molecular complexity index is 1040. The van der Waals surface area contributed by atoms with Crippen molar-refractivity contribution in [3.8, 4) is 17.2 Å². The van der Waals surface area contributed by atoms with E-state index in [0.717, 1.165) is 23.0 Å². The molecule has 7 heteroatoms. The Labute approximate surface area is 169 Å². The molecule has 1 heterocycles. The molecule has 152 valence electrons. The van der Waals surface area contributed by atoms with Crippen LogP contribution in [0.25, 0.3) is 11.0 Å². The molecule has 1 N–H and O–H groups in total. The number of nitrogens with zero attached hydrogens (tertiary/aromatic N) is 1. The molecule has 3 rings (SSSR count). The van der Waals surface area contributed by atoms with Crippen molar-refractivity contribution in [2.45, 2.75) is 20.3 Å². The number of aryl methyl sites for hydroxylation is 1. The van der Waals surface area contributed by atoms with Gasteiger partial charge < -0.3 is 18.6 Å². The maximum atomic E-state index is 12.6. The van der Waals surface area contributed by atoms with Crippen LogP contribution in [0.15, 0.2) is 45.9 Å². The number of hydrazone groups is 1. The Hall–Kier alpha value is -3.48. The fraction of sp³-hybridized carbons (Fsp3) is 0.273. The van der Waals surface area contributed by atoms with Crippen molar-refractivity contribution in [1.82, 2.24) is 5.43 Å². The second-order valence-electron chi connectivity index (χ2n) is 6.31. The average molecular weight is 396 g/mol. The van der Waals surface area contributed by atoms with Gasteiger partial charge in [0.05, 0.1) is 21.3 Å². The monoisotopic (exact) mass is 396 g/mol. The van der Waals surface area contributed by atoms with Crippen LogP contribution in [0.2, 0.25) is 0 Å². The highest BCUT2D eigenvalue weighted by molar-refractivity contribution is 6.03. The van der Waals surface area contributed by atoms with Gasteiger partial charge in [-0.1, -0.05) is 25.1 Å². The zero-order valence-corrected chi connectivity index (χ0v) is 17.2. The van der Waals surface area contributed by atoms with Crippen molar-refractivity contribution in [1.29, 1.82) is 0 Å². The van der Waals surface area contributed by atoms with Crippen molar-refractivity contribution < 1.29 is 23.4 Å². The Kier molecular flexibility index (Phi) is 6.07. The number of rotatable bonds is 7. The van der Waals surface area contributed by atoms with Gasteiger partial charge in [-0.3, -0.25) is 4.79 Å². The van der Waals surface area contributed by atoms with Crippen LogP contribution in [0, 0.1) is 0 Å². The van der Waals surface area contributed by atoms with E-state index in [-0.39, 0.29) is 0 Å². The molecule has 29 heavy (non-hydrogen) atoms. The van der Waals surface area contributed by atoms with Gasteiger partial charge in [0.2, 0.25) is 5.75 Å². The molecule has 0 radical (unpaired) electrons. The Morgan fingerprint density at radius 2 is 1.72 bits per heavy atom. The predicted octanol–water partition coefficient (Wildman–Crippen LogP) is 4.18. The zero-order valence-electron chi connectivity index (χ0n) is 17.2. The lowest BCUT2D eigenvalue weighted by Gasteiger charge is -2.13. The summed E-state index contributed by atoms with van der Waals surface area (Å²) in [6.45, 7) is 3.86. The van der Waals surface area contributed by atoms with E-state index in [1.54, 1.807) is 19.1 Å². The molecular formula is C22H24N2O5. The molecular weight excluding hydrogens is 372 g/mol. The van der Waals surface area contributed by atoms with Gasteiger partial charge in [0.15, 0.2) is 17.3 Å². The molecule has 0 bridgehead atoms. The summed E-state index contributed by atoms with van der Waals surface area (Å²) in [5.41, 5.74) is 5.34. The number of hydrogen-bond donors (Lipinski definition) is 1. The SMILES string of the molecule is CCc1c(/C(C)=N\NC(=O)c2cc(OC)c(OC)c(OC)c2)oc2ccccc12. The number of hydrogen-bond acceptors (Lipinski definition) is 6. The van der Waals surface area contributed by atoms with Crippen LogP contribution in [-0.4, -0.2) is 32.9 Å². The molecule has 0 saturated heterocycles. The van der Waals surface area contributed by atoms with Crippen LogP contribution < -0.4 is 19.6 Å². The molecule has 2 aromatic carbocycles. The molecule has 1 amide bonds. The Morgan fingerprint density at radius 1 is 1.07 bits per heavy atom. The molecule has 0 spiro atoms. The van der Waals surface area contributed by atoms with Gasteiger partial charge in [-0.15, -0.1) is 0 Å². The Balaban J connectivity index is 1.89. The lowest BCUT2D eigenvalue weighted by atomic mass is 10.1. The highest BCUT2D eigenvalue weighted by atomic mass is 16.5. The lowest BCUT2D eigenvalue weighted by molar-refractivity contribution is 0.0954. The summed E-state index contributed by atoms with van der Waals surface area (Å²) in [6.07, 6.45) is 0.792. The third kappa shape index (κ3) is 3.89. The number of ether oxygens (including phenoxy) is 3. The number of nitrogens with one attached hydrogen (secondary N) is 1. The van der Waals surface area contributed by atoms with Crippen LogP contribution in [0.5, 0.6) is 17.2 Å². The van der Waals surface area contributed by atoms with E-state index in [0.29, 0.717) is 34.3 Å². The predicted molar refractivity (Wildman–Crippen MR) is 111 cm³/mol. The molecule has 0 fully saturated rings. The van der Waals surface area contributed by atoms with Crippen molar-refractivity contribution in [2.24, 2.45) is 5.10 Å². The second-order valence-corrected chi connectivity index (χ2v) is 6.31. The first-order chi connectivity index (χ1) is 14.0. The standard InChI is InChI=1S/C22H24N2O5/c1-6-15-16-9-7-8-10-17(16)29-20(15)13(2)23-24-22(25)14-11-18(26-3)21(28-5)19(12-14)27-4/h7-12H,6H2,1-5H3,(H,24,25)/b23-13-. The first-order valence-corrected chi connectivity index (χ1v) is 9.19. The minimum atomic E-state index is -0.405. The highest BCUT2D eigenvalue weighted by Crippen LogP contribution is 2.38. The first kappa shape index (κ1) is 20.3. The zero-order chi connectivity index (χ0) is 21.0. The summed E-state index contributed by atoms with van der Waals surface area (Å²) in [5.74, 6) is 1.46. The number of carbonyl (C=O) groups is 1. The van der Waals surface area contributed by atoms with E-state index in [9.17, 15) is 4.79 Å². The molecule has 0 atom stereocenters. The number of furan rings is 1. The van der Waals surface area contributed by atoms with Gasteiger partial charge in [-0.25, -0.2) is 5.43 Å². The molecule has 0 aliphatic rings. The van der Waals surface area contributed by atoms with Crippen molar-refractivity contribution in [3.05, 3.63) is 53.3 Å². The number of carbonyl (C=O) groups excluding carboxylic acids is 1. The summed E-state index contributed by atoms with van der Waals surface area (Å²) in [7, 11) is 4.50. The number of para-hydroxylation sites is 1. The maximum absolute atomic E-state index is 12.6. The highest BCUT2D eigenvalue weighted by Gasteiger charge is 2.18. The summed E-state index contributed by atoms with van der Waals surface area (Å²) >= 11 is 0. The van der Waals surface area contributed by atoms with E-state index in [1.165, 1.54) is 21.3 Å². The number of methoxy groups -OCH3 is 3. The quantitative estimate of drug-likeness (QED) is 0.479. The molecule has 3 aromatic rings. The molecule has 0 saturated carbocycles. The van der Waals surface area contributed by atoms with E-state index in [4.69, 9.17) is 18.6 Å². The van der Waals surface area contributed by atoms with Crippen LogP contribution in [0.3, 0.4) is 0 Å². The average Bonchev–Trinajstić information content (AvgIpc) is 3.14. The van der Waals surface area contributed by atoms with Gasteiger partial charge in [0, 0.05) is 16.5 Å². The number of benzene rings is 2. The summed E-state index contributed by atoms with van der Waals surface area (Å²) < 4.78 is 21.8. The normalized spacial score (nSPS) is 11.4. The smallest absolute Gasteiger partial charge is 0.271 e. The van der Waals surface area contributed by atoms with Gasteiger partial charge in [-0.2, -0.15) is 5.10 Å². The van der Waals surface area contributed by atoms with Crippen LogP contribution in [0.1, 0.15) is 35.5 Å². The minimum Gasteiger partial charge on any atom is -0.493 e. The van der Waals surface area contributed by atoms with Crippen molar-refractivity contribution in [2.75, 3.05) is 21.3 Å². The number of amides is 1. The molecule has 0 aliphatic heterocycles. The maximum Gasteiger partial charge on any atom is 0.271 e. The summed E-state index contributed by atoms with van der Waals surface area (Å²) in [4.78, 5) is 12.6. The largest absolute Gasteiger partial charge is 0.493 e. The molecule has 0 aliphatic carbocycles.